The number of benzene rings is 1. The van der Waals surface area contributed by atoms with Gasteiger partial charge in [-0.25, -0.2) is 4.98 Å². The molecule has 6 N–H and O–H groups in total. The predicted octanol–water partition coefficient (Wildman–Crippen LogP) is 2.09. The van der Waals surface area contributed by atoms with Crippen molar-refractivity contribution in [1.82, 2.24) is 14.9 Å². The number of likely N-dealkylation sites (N-methyl/N-ethyl adjacent to an activating group) is 1. The number of pyridine rings is 2. The molecule has 11 nitrogen and oxygen atoms in total. The first kappa shape index (κ1) is 24.6. The topological polar surface area (TPSA) is 141 Å². The summed E-state index contributed by atoms with van der Waals surface area (Å²) >= 11 is 0. The summed E-state index contributed by atoms with van der Waals surface area (Å²) in [6.07, 6.45) is 3.13. The zero-order valence-electron chi connectivity index (χ0n) is 21.1. The second-order valence-corrected chi connectivity index (χ2v) is 9.26. The highest BCUT2D eigenvalue weighted by Gasteiger charge is 2.21. The molecule has 1 saturated heterocycles. The lowest BCUT2D eigenvalue weighted by Gasteiger charge is -2.35. The molecule has 2 aliphatic heterocycles. The minimum atomic E-state index is -0.523. The van der Waals surface area contributed by atoms with Crippen LogP contribution in [0, 0.1) is 6.92 Å². The molecule has 2 aromatic heterocycles. The molecular weight excluding hydrogens is 472 g/mol. The van der Waals surface area contributed by atoms with Crippen molar-refractivity contribution in [3.8, 4) is 5.88 Å². The van der Waals surface area contributed by atoms with Gasteiger partial charge < -0.3 is 41.2 Å². The summed E-state index contributed by atoms with van der Waals surface area (Å²) in [4.78, 5) is 37.6. The molecular formula is C26H32N8O3. The highest BCUT2D eigenvalue weighted by Crippen LogP contribution is 2.34. The van der Waals surface area contributed by atoms with Crippen molar-refractivity contribution in [2.24, 2.45) is 5.73 Å². The third-order valence-corrected chi connectivity index (χ3v) is 6.80. The summed E-state index contributed by atoms with van der Waals surface area (Å²) < 4.78 is 5.59. The number of ether oxygens (including phenoxy) is 1. The summed E-state index contributed by atoms with van der Waals surface area (Å²) in [6.45, 7) is 7.29. The number of carbonyl (C=O) groups is 1. The van der Waals surface area contributed by atoms with E-state index in [0.717, 1.165) is 48.7 Å². The van der Waals surface area contributed by atoms with Gasteiger partial charge in [0.15, 0.2) is 0 Å². The van der Waals surface area contributed by atoms with Crippen LogP contribution < -0.4 is 36.9 Å². The number of piperazine rings is 1. The molecule has 1 amide bonds. The van der Waals surface area contributed by atoms with E-state index in [0.29, 0.717) is 42.6 Å². The van der Waals surface area contributed by atoms with E-state index >= 15 is 0 Å². The van der Waals surface area contributed by atoms with Crippen molar-refractivity contribution in [2.75, 3.05) is 67.2 Å². The van der Waals surface area contributed by atoms with Gasteiger partial charge in [-0.15, -0.1) is 0 Å². The van der Waals surface area contributed by atoms with Gasteiger partial charge in [0.2, 0.25) is 5.88 Å². The number of carbonyl (C=O) groups excluding carboxylic acids is 1. The number of fused-ring (bicyclic) bond motifs is 1. The summed E-state index contributed by atoms with van der Waals surface area (Å²) in [6, 6.07) is 7.35. The van der Waals surface area contributed by atoms with E-state index in [1.807, 2.05) is 25.1 Å². The lowest BCUT2D eigenvalue weighted by Crippen LogP contribution is -2.44. The fourth-order valence-corrected chi connectivity index (χ4v) is 4.68. The van der Waals surface area contributed by atoms with Crippen LogP contribution in [0.4, 0.5) is 28.4 Å². The zero-order chi connectivity index (χ0) is 25.9. The van der Waals surface area contributed by atoms with Crippen molar-refractivity contribution in [3.05, 3.63) is 63.7 Å². The number of aromatic nitrogens is 2. The van der Waals surface area contributed by atoms with Crippen LogP contribution in [0.25, 0.3) is 0 Å². The van der Waals surface area contributed by atoms with Crippen molar-refractivity contribution >= 4 is 34.3 Å². The lowest BCUT2D eigenvalue weighted by atomic mass is 10.1. The fourth-order valence-electron chi connectivity index (χ4n) is 4.68. The molecule has 0 radical (unpaired) electrons. The van der Waals surface area contributed by atoms with E-state index in [4.69, 9.17) is 10.5 Å². The second-order valence-electron chi connectivity index (χ2n) is 9.26. The van der Waals surface area contributed by atoms with Crippen LogP contribution in [0.3, 0.4) is 0 Å². The highest BCUT2D eigenvalue weighted by atomic mass is 16.5. The molecule has 1 aromatic carbocycles. The summed E-state index contributed by atoms with van der Waals surface area (Å²) in [7, 11) is 2.11. The predicted molar refractivity (Wildman–Crippen MR) is 145 cm³/mol. The van der Waals surface area contributed by atoms with Crippen LogP contribution in [0.15, 0.2) is 41.5 Å². The number of nitrogens with two attached hydrogens (primary N) is 1. The maximum absolute atomic E-state index is 13.3. The minimum absolute atomic E-state index is 0.0266. The van der Waals surface area contributed by atoms with Crippen molar-refractivity contribution in [2.45, 2.75) is 13.5 Å². The molecule has 0 atom stereocenters. The first-order valence-electron chi connectivity index (χ1n) is 12.4. The molecule has 0 saturated carbocycles. The SMILES string of the molecule is Cc1c(Nc2cc[nH]c(=O)c2C(=O)Nc2ccc(N3CCN(C)CC3)c(CN)c2)cnc2c1NCCO2. The molecule has 0 bridgehead atoms. The Balaban J connectivity index is 1.39. The molecule has 4 heterocycles. The Labute approximate surface area is 215 Å². The largest absolute Gasteiger partial charge is 0.474 e. The molecule has 1 fully saturated rings. The van der Waals surface area contributed by atoms with Crippen LogP contribution in [0.5, 0.6) is 5.88 Å². The van der Waals surface area contributed by atoms with Crippen LogP contribution in [0.2, 0.25) is 0 Å². The Morgan fingerprint density at radius 3 is 2.78 bits per heavy atom. The summed E-state index contributed by atoms with van der Waals surface area (Å²) in [5.41, 5.74) is 10.8. The minimum Gasteiger partial charge on any atom is -0.474 e. The number of rotatable bonds is 6. The first-order valence-corrected chi connectivity index (χ1v) is 12.4. The molecule has 11 heteroatoms. The number of amides is 1. The number of nitrogens with zero attached hydrogens (tertiary/aromatic N) is 3. The van der Waals surface area contributed by atoms with Crippen molar-refractivity contribution < 1.29 is 9.53 Å². The van der Waals surface area contributed by atoms with Gasteiger partial charge in [-0.05, 0) is 43.8 Å². The normalized spacial score (nSPS) is 15.4. The quantitative estimate of drug-likeness (QED) is 0.341. The van der Waals surface area contributed by atoms with E-state index in [9.17, 15) is 9.59 Å². The van der Waals surface area contributed by atoms with Gasteiger partial charge in [-0.2, -0.15) is 0 Å². The van der Waals surface area contributed by atoms with Gasteiger partial charge in [-0.3, -0.25) is 9.59 Å². The van der Waals surface area contributed by atoms with Crippen molar-refractivity contribution in [1.29, 1.82) is 0 Å². The maximum Gasteiger partial charge on any atom is 0.263 e. The van der Waals surface area contributed by atoms with Gasteiger partial charge in [-0.1, -0.05) is 0 Å². The third kappa shape index (κ3) is 5.09. The van der Waals surface area contributed by atoms with Gasteiger partial charge in [0.25, 0.3) is 11.5 Å². The summed E-state index contributed by atoms with van der Waals surface area (Å²) in [5, 5.41) is 9.37. The molecule has 194 valence electrons. The number of nitrogens with one attached hydrogen (secondary N) is 4. The molecule has 5 rings (SSSR count). The van der Waals surface area contributed by atoms with E-state index in [1.54, 1.807) is 12.3 Å². The summed E-state index contributed by atoms with van der Waals surface area (Å²) in [5.74, 6) is 0.0126. The van der Waals surface area contributed by atoms with Gasteiger partial charge >= 0.3 is 0 Å². The molecule has 0 spiro atoms. The van der Waals surface area contributed by atoms with E-state index in [1.165, 1.54) is 6.20 Å². The van der Waals surface area contributed by atoms with Crippen LogP contribution >= 0.6 is 0 Å². The fraction of sp³-hybridized carbons (Fsp3) is 0.346. The number of hydrogen-bond donors (Lipinski definition) is 5. The standard InChI is InChI=1S/C26H32N8O3/c1-16-20(15-30-26-23(16)28-7-12-37-26)32-19-5-6-29-24(35)22(19)25(36)31-18-3-4-21(17(13-18)14-27)34-10-8-33(2)9-11-34/h3-6,13,15,28H,7-12,14,27H2,1-2H3,(H,31,36)(H2,29,32,35). The monoisotopic (exact) mass is 504 g/mol. The third-order valence-electron chi connectivity index (χ3n) is 6.80. The maximum atomic E-state index is 13.3. The Morgan fingerprint density at radius 1 is 1.19 bits per heavy atom. The number of H-pyrrole nitrogens is 1. The van der Waals surface area contributed by atoms with Crippen LogP contribution in [-0.2, 0) is 6.54 Å². The highest BCUT2D eigenvalue weighted by molar-refractivity contribution is 6.08. The lowest BCUT2D eigenvalue weighted by molar-refractivity contribution is 0.102. The van der Waals surface area contributed by atoms with Crippen LogP contribution in [0.1, 0.15) is 21.5 Å². The zero-order valence-corrected chi connectivity index (χ0v) is 21.1. The molecule has 3 aromatic rings. The van der Waals surface area contributed by atoms with E-state index < -0.39 is 11.5 Å². The smallest absolute Gasteiger partial charge is 0.263 e. The Kier molecular flexibility index (Phi) is 6.97. The first-order chi connectivity index (χ1) is 17.9. The molecule has 2 aliphatic rings. The van der Waals surface area contributed by atoms with E-state index in [2.05, 4.69) is 42.8 Å². The van der Waals surface area contributed by atoms with Gasteiger partial charge in [0.05, 0.1) is 17.6 Å². The molecule has 0 unspecified atom stereocenters. The van der Waals surface area contributed by atoms with E-state index in [-0.39, 0.29) is 5.56 Å². The molecule has 37 heavy (non-hydrogen) atoms. The molecule has 0 aliphatic carbocycles. The second kappa shape index (κ2) is 10.5. The Morgan fingerprint density at radius 2 is 2.00 bits per heavy atom. The van der Waals surface area contributed by atoms with Gasteiger partial charge in [0, 0.05) is 62.4 Å². The Bertz CT molecular complexity index is 1360. The van der Waals surface area contributed by atoms with Crippen molar-refractivity contribution in [3.63, 3.8) is 0 Å². The average molecular weight is 505 g/mol. The number of aromatic amines is 1. The van der Waals surface area contributed by atoms with Gasteiger partial charge in [0.1, 0.15) is 17.9 Å². The number of hydrogen-bond acceptors (Lipinski definition) is 9. The average Bonchev–Trinajstić information content (AvgIpc) is 2.91. The Hall–Kier alpha value is -4.09. The number of anilines is 5. The van der Waals surface area contributed by atoms with Crippen LogP contribution in [-0.4, -0.2) is 67.2 Å².